The fourth-order valence-electron chi connectivity index (χ4n) is 9.95. The highest BCUT2D eigenvalue weighted by atomic mass is 16.5. The maximum atomic E-state index is 12.6. The first kappa shape index (κ1) is 70.7. The second-order valence-corrected chi connectivity index (χ2v) is 22.1. The Morgan fingerprint density at radius 1 is 0.306 bits per heavy atom. The van der Waals surface area contributed by atoms with Gasteiger partial charge in [0.1, 0.15) is 0 Å². The summed E-state index contributed by atoms with van der Waals surface area (Å²) in [5, 5.41) is 54.3. The molecule has 0 rings (SSSR count). The van der Waals surface area contributed by atoms with Crippen LogP contribution in [0.4, 0.5) is 0 Å². The Bertz CT molecular complexity index is 994. The minimum atomic E-state index is -1.19. The molecular weight excluding hydrogens is 905 g/mol. The van der Waals surface area contributed by atoms with E-state index in [0.717, 1.165) is 89.9 Å². The van der Waals surface area contributed by atoms with Crippen molar-refractivity contribution < 1.29 is 44.6 Å². The van der Waals surface area contributed by atoms with Crippen LogP contribution >= 0.6 is 0 Å². The predicted octanol–water partition coefficient (Wildman–Crippen LogP) is 13.9. The Morgan fingerprint density at radius 2 is 0.528 bits per heavy atom. The summed E-state index contributed by atoms with van der Waals surface area (Å²) in [4.78, 5) is 29.5. The van der Waals surface area contributed by atoms with Gasteiger partial charge in [-0.3, -0.25) is 19.4 Å². The van der Waals surface area contributed by atoms with Gasteiger partial charge in [-0.2, -0.15) is 0 Å². The maximum Gasteiger partial charge on any atom is 0.308 e. The van der Waals surface area contributed by atoms with Gasteiger partial charge in [0, 0.05) is 26.2 Å². The normalized spacial score (nSPS) is 14.0. The number of rotatable bonds is 58. The topological polar surface area (TPSA) is 160 Å². The van der Waals surface area contributed by atoms with Crippen molar-refractivity contribution in [2.24, 2.45) is 0 Å². The standard InChI is InChI=1S/C61H122N2O9/c1-5-9-13-17-21-25-29-33-41-55(64)51-62(52-56(65)42-34-30-26-22-18-14-10-6-2)45-37-39-47-71-60(69)49-59(68)50-61(70)72-48-40-38-46-63(53-57(66)43-35-31-27-23-19-15-11-7-3)54-58(67)44-36-32-28-24-20-16-12-8-4/h55-59,64-68H,5-54H2,1-4H3. The van der Waals surface area contributed by atoms with Gasteiger partial charge in [0.2, 0.25) is 0 Å². The number of hydrogen-bond donors (Lipinski definition) is 5. The molecule has 0 amide bonds. The Labute approximate surface area is 445 Å². The molecule has 430 valence electrons. The van der Waals surface area contributed by atoms with E-state index < -0.39 is 42.5 Å². The maximum absolute atomic E-state index is 12.6. The van der Waals surface area contributed by atoms with Gasteiger partial charge >= 0.3 is 11.9 Å². The average Bonchev–Trinajstić information content (AvgIpc) is 3.34. The third kappa shape index (κ3) is 50.8. The quantitative estimate of drug-likeness (QED) is 0.0291. The van der Waals surface area contributed by atoms with Crippen molar-refractivity contribution in [1.29, 1.82) is 0 Å². The van der Waals surface area contributed by atoms with E-state index in [1.54, 1.807) is 0 Å². The van der Waals surface area contributed by atoms with Gasteiger partial charge < -0.3 is 35.0 Å². The molecular formula is C61H122N2O9. The first-order chi connectivity index (χ1) is 35.0. The Hall–Kier alpha value is -1.34. The molecule has 0 aliphatic carbocycles. The zero-order valence-corrected chi connectivity index (χ0v) is 48.0. The number of nitrogens with zero attached hydrogens (tertiary/aromatic N) is 2. The Morgan fingerprint density at radius 3 is 0.764 bits per heavy atom. The van der Waals surface area contributed by atoms with Gasteiger partial charge in [0.05, 0.1) is 56.6 Å². The number of unbranched alkanes of at least 4 members (excludes halogenated alkanes) is 30. The molecule has 0 bridgehead atoms. The molecule has 0 fully saturated rings. The summed E-state index contributed by atoms with van der Waals surface area (Å²) in [5.74, 6) is -1.11. The molecule has 4 unspecified atom stereocenters. The molecule has 0 aliphatic rings. The molecule has 0 spiro atoms. The van der Waals surface area contributed by atoms with Crippen molar-refractivity contribution in [3.05, 3.63) is 0 Å². The van der Waals surface area contributed by atoms with Crippen molar-refractivity contribution >= 4 is 11.9 Å². The minimum Gasteiger partial charge on any atom is -0.466 e. The molecule has 0 saturated carbocycles. The van der Waals surface area contributed by atoms with E-state index >= 15 is 0 Å². The molecule has 11 heteroatoms. The van der Waals surface area contributed by atoms with Crippen LogP contribution < -0.4 is 0 Å². The van der Waals surface area contributed by atoms with E-state index in [0.29, 0.717) is 52.1 Å². The van der Waals surface area contributed by atoms with Gasteiger partial charge in [0.25, 0.3) is 0 Å². The second kappa shape index (κ2) is 54.4. The van der Waals surface area contributed by atoms with E-state index in [4.69, 9.17) is 9.47 Å². The minimum absolute atomic E-state index is 0.203. The molecule has 0 aromatic carbocycles. The molecule has 0 heterocycles. The van der Waals surface area contributed by atoms with Crippen LogP contribution in [0.2, 0.25) is 0 Å². The summed E-state index contributed by atoms with van der Waals surface area (Å²) in [6.45, 7) is 12.9. The van der Waals surface area contributed by atoms with Crippen LogP contribution in [0.25, 0.3) is 0 Å². The molecule has 0 saturated heterocycles. The van der Waals surface area contributed by atoms with Crippen molar-refractivity contribution in [1.82, 2.24) is 9.80 Å². The zero-order valence-electron chi connectivity index (χ0n) is 48.0. The predicted molar refractivity (Wildman–Crippen MR) is 301 cm³/mol. The number of hydrogen-bond acceptors (Lipinski definition) is 11. The molecule has 5 N–H and O–H groups in total. The molecule has 4 atom stereocenters. The first-order valence-corrected chi connectivity index (χ1v) is 31.2. The van der Waals surface area contributed by atoms with Crippen LogP contribution in [-0.2, 0) is 19.1 Å². The number of ether oxygens (including phenoxy) is 2. The van der Waals surface area contributed by atoms with E-state index in [1.165, 1.54) is 154 Å². The van der Waals surface area contributed by atoms with Crippen LogP contribution in [0.1, 0.15) is 297 Å². The number of aliphatic hydroxyl groups excluding tert-OH is 5. The first-order valence-electron chi connectivity index (χ1n) is 31.2. The van der Waals surface area contributed by atoms with Gasteiger partial charge in [-0.25, -0.2) is 0 Å². The van der Waals surface area contributed by atoms with Crippen LogP contribution in [0.15, 0.2) is 0 Å². The fraction of sp³-hybridized carbons (Fsp3) is 0.967. The smallest absolute Gasteiger partial charge is 0.308 e. The molecule has 0 radical (unpaired) electrons. The largest absolute Gasteiger partial charge is 0.466 e. The van der Waals surface area contributed by atoms with Gasteiger partial charge in [-0.15, -0.1) is 0 Å². The van der Waals surface area contributed by atoms with E-state index in [1.807, 2.05) is 0 Å². The zero-order chi connectivity index (χ0) is 53.0. The number of carbonyl (C=O) groups is 2. The summed E-state index contributed by atoms with van der Waals surface area (Å²) in [6, 6.07) is 0. The van der Waals surface area contributed by atoms with E-state index in [9.17, 15) is 35.1 Å². The highest BCUT2D eigenvalue weighted by Gasteiger charge is 2.20. The SMILES string of the molecule is CCCCCCCCCCC(O)CN(CCCCOC(=O)CC(O)CC(=O)OCCCCN(CC(O)CCCCCCCCCC)CC(O)CCCCCCCCCC)CC(O)CCCCCCCCCC. The fourth-order valence-corrected chi connectivity index (χ4v) is 9.95. The lowest BCUT2D eigenvalue weighted by Crippen LogP contribution is -2.38. The molecule has 0 aromatic rings. The van der Waals surface area contributed by atoms with Gasteiger partial charge in [-0.05, 0) is 64.5 Å². The molecule has 0 aromatic heterocycles. The third-order valence-corrected chi connectivity index (χ3v) is 14.5. The van der Waals surface area contributed by atoms with Crippen LogP contribution in [0, 0.1) is 0 Å². The van der Waals surface area contributed by atoms with Crippen molar-refractivity contribution in [3.8, 4) is 0 Å². The Balaban J connectivity index is 4.72. The monoisotopic (exact) mass is 1030 g/mol. The van der Waals surface area contributed by atoms with Crippen LogP contribution in [0.3, 0.4) is 0 Å². The lowest BCUT2D eigenvalue weighted by atomic mass is 10.0. The summed E-state index contributed by atoms with van der Waals surface area (Å²) in [6.07, 6.45) is 41.6. The van der Waals surface area contributed by atoms with Gasteiger partial charge in [0.15, 0.2) is 0 Å². The highest BCUT2D eigenvalue weighted by Crippen LogP contribution is 2.17. The average molecular weight is 1030 g/mol. The lowest BCUT2D eigenvalue weighted by molar-refractivity contribution is -0.149. The molecule has 11 nitrogen and oxygen atoms in total. The summed E-state index contributed by atoms with van der Waals surface area (Å²) >= 11 is 0. The van der Waals surface area contributed by atoms with Crippen LogP contribution in [-0.4, -0.2) is 130 Å². The van der Waals surface area contributed by atoms with Gasteiger partial charge in [-0.1, -0.05) is 233 Å². The number of esters is 2. The summed E-state index contributed by atoms with van der Waals surface area (Å²) in [5.41, 5.74) is 0. The highest BCUT2D eigenvalue weighted by molar-refractivity contribution is 5.73. The second-order valence-electron chi connectivity index (χ2n) is 22.1. The number of carbonyl (C=O) groups excluding carboxylic acids is 2. The summed E-state index contributed by atoms with van der Waals surface area (Å²) in [7, 11) is 0. The third-order valence-electron chi connectivity index (χ3n) is 14.5. The van der Waals surface area contributed by atoms with Crippen molar-refractivity contribution in [2.45, 2.75) is 328 Å². The molecule has 72 heavy (non-hydrogen) atoms. The molecule has 0 aliphatic heterocycles. The van der Waals surface area contributed by atoms with E-state index in [2.05, 4.69) is 37.5 Å². The van der Waals surface area contributed by atoms with Crippen LogP contribution in [0.5, 0.6) is 0 Å². The van der Waals surface area contributed by atoms with E-state index in [-0.39, 0.29) is 26.1 Å². The van der Waals surface area contributed by atoms with Crippen molar-refractivity contribution in [2.75, 3.05) is 52.5 Å². The van der Waals surface area contributed by atoms with Crippen molar-refractivity contribution in [3.63, 3.8) is 0 Å². The lowest BCUT2D eigenvalue weighted by Gasteiger charge is -2.27. The number of aliphatic hydroxyl groups is 5. The Kier molecular flexibility index (Phi) is 53.4. The summed E-state index contributed by atoms with van der Waals surface area (Å²) < 4.78 is 10.9.